The van der Waals surface area contributed by atoms with Crippen molar-refractivity contribution in [2.75, 3.05) is 13.1 Å². The molecule has 5 nitrogen and oxygen atoms in total. The zero-order chi connectivity index (χ0) is 17.7. The lowest BCUT2D eigenvalue weighted by molar-refractivity contribution is 0.0621. The van der Waals surface area contributed by atoms with Crippen LogP contribution in [0.2, 0.25) is 0 Å². The smallest absolute Gasteiger partial charge is 0.191 e. The van der Waals surface area contributed by atoms with Crippen LogP contribution < -0.4 is 10.6 Å². The fourth-order valence-corrected chi connectivity index (χ4v) is 3.44. The molecule has 0 saturated carbocycles. The van der Waals surface area contributed by atoms with E-state index in [-0.39, 0.29) is 0 Å². The van der Waals surface area contributed by atoms with Gasteiger partial charge in [0.05, 0.1) is 13.1 Å². The summed E-state index contributed by atoms with van der Waals surface area (Å²) in [5.74, 6) is 0.691. The third kappa shape index (κ3) is 4.41. The van der Waals surface area contributed by atoms with Crippen molar-refractivity contribution in [1.29, 1.82) is 0 Å². The van der Waals surface area contributed by atoms with Crippen LogP contribution in [0.25, 0.3) is 10.9 Å². The first-order chi connectivity index (χ1) is 12.1. The molecule has 0 amide bonds. The molecule has 0 bridgehead atoms. The topological polar surface area (TPSA) is 72.4 Å². The summed E-state index contributed by atoms with van der Waals surface area (Å²) < 4.78 is 0. The molecule has 0 fully saturated rings. The third-order valence-electron chi connectivity index (χ3n) is 4.08. The molecule has 1 aromatic carbocycles. The van der Waals surface area contributed by atoms with E-state index >= 15 is 0 Å². The van der Waals surface area contributed by atoms with Crippen LogP contribution in [0.1, 0.15) is 25.1 Å². The second-order valence-corrected chi connectivity index (χ2v) is 7.00. The predicted molar refractivity (Wildman–Crippen MR) is 105 cm³/mol. The van der Waals surface area contributed by atoms with Crippen molar-refractivity contribution in [3.8, 4) is 0 Å². The van der Waals surface area contributed by atoms with Crippen LogP contribution >= 0.6 is 11.3 Å². The summed E-state index contributed by atoms with van der Waals surface area (Å²) in [6.07, 6.45) is 0. The lowest BCUT2D eigenvalue weighted by Gasteiger charge is -2.24. The highest BCUT2D eigenvalue weighted by Crippen LogP contribution is 2.22. The summed E-state index contributed by atoms with van der Waals surface area (Å²) in [4.78, 5) is 8.00. The molecule has 0 aliphatic carbocycles. The molecule has 2 heterocycles. The summed E-state index contributed by atoms with van der Waals surface area (Å²) in [7, 11) is 0. The van der Waals surface area contributed by atoms with Crippen LogP contribution in [0, 0.1) is 0 Å². The van der Waals surface area contributed by atoms with Crippen molar-refractivity contribution in [2.45, 2.75) is 26.0 Å². The second kappa shape index (κ2) is 7.72. The van der Waals surface area contributed by atoms with Crippen molar-refractivity contribution in [3.63, 3.8) is 0 Å². The van der Waals surface area contributed by atoms with Crippen LogP contribution in [0.15, 0.2) is 52.2 Å². The van der Waals surface area contributed by atoms with E-state index in [1.807, 2.05) is 42.8 Å². The number of thiophene rings is 1. The minimum absolute atomic E-state index is 0.391. The van der Waals surface area contributed by atoms with Crippen molar-refractivity contribution in [3.05, 3.63) is 58.4 Å². The van der Waals surface area contributed by atoms with Gasteiger partial charge in [0.2, 0.25) is 0 Å². The number of aliphatic hydroxyl groups is 1. The maximum absolute atomic E-state index is 10.6. The minimum Gasteiger partial charge on any atom is -0.384 e. The molecule has 132 valence electrons. The van der Waals surface area contributed by atoms with Gasteiger partial charge in [-0.1, -0.05) is 18.2 Å². The van der Waals surface area contributed by atoms with E-state index in [0.29, 0.717) is 19.0 Å². The highest BCUT2D eigenvalue weighted by atomic mass is 32.1. The molecule has 0 radical (unpaired) electrons. The number of guanidine groups is 1. The molecule has 1 atom stereocenters. The number of fused-ring (bicyclic) bond motifs is 1. The van der Waals surface area contributed by atoms with Crippen LogP contribution in [0.5, 0.6) is 0 Å². The summed E-state index contributed by atoms with van der Waals surface area (Å²) >= 11 is 1.58. The Balaban J connectivity index is 1.66. The molecule has 6 heteroatoms. The highest BCUT2D eigenvalue weighted by molar-refractivity contribution is 7.08. The van der Waals surface area contributed by atoms with Crippen molar-refractivity contribution < 1.29 is 5.11 Å². The maximum Gasteiger partial charge on any atom is 0.191 e. The van der Waals surface area contributed by atoms with E-state index in [9.17, 15) is 5.11 Å². The number of nitrogens with one attached hydrogen (secondary N) is 3. The van der Waals surface area contributed by atoms with E-state index in [2.05, 4.69) is 38.8 Å². The third-order valence-corrected chi connectivity index (χ3v) is 4.76. The molecular formula is C19H24N4OS. The molecule has 0 aliphatic heterocycles. The first kappa shape index (κ1) is 17.5. The Hall–Kier alpha value is -2.31. The van der Waals surface area contributed by atoms with Crippen LogP contribution in [0.3, 0.4) is 0 Å². The monoisotopic (exact) mass is 356 g/mol. The van der Waals surface area contributed by atoms with Crippen LogP contribution in [-0.4, -0.2) is 29.1 Å². The Bertz CT molecular complexity index is 803. The Kier molecular flexibility index (Phi) is 5.40. The van der Waals surface area contributed by atoms with Gasteiger partial charge in [0.1, 0.15) is 5.60 Å². The minimum atomic E-state index is -0.933. The van der Waals surface area contributed by atoms with Crippen LogP contribution in [-0.2, 0) is 12.1 Å². The zero-order valence-electron chi connectivity index (χ0n) is 14.5. The number of rotatable bonds is 6. The summed E-state index contributed by atoms with van der Waals surface area (Å²) in [6, 6.07) is 12.3. The van der Waals surface area contributed by atoms with E-state index in [4.69, 9.17) is 0 Å². The lowest BCUT2D eigenvalue weighted by atomic mass is 9.99. The van der Waals surface area contributed by atoms with Gasteiger partial charge in [-0.25, -0.2) is 4.99 Å². The van der Waals surface area contributed by atoms with Gasteiger partial charge in [-0.05, 0) is 53.8 Å². The van der Waals surface area contributed by atoms with E-state index < -0.39 is 5.60 Å². The Morgan fingerprint density at radius 1 is 1.28 bits per heavy atom. The fourth-order valence-electron chi connectivity index (χ4n) is 2.65. The maximum atomic E-state index is 10.6. The van der Waals surface area contributed by atoms with E-state index in [1.54, 1.807) is 11.3 Å². The number of H-pyrrole nitrogens is 1. The van der Waals surface area contributed by atoms with Gasteiger partial charge in [-0.15, -0.1) is 0 Å². The zero-order valence-corrected chi connectivity index (χ0v) is 15.4. The fraction of sp³-hybridized carbons (Fsp3) is 0.316. The standard InChI is InChI=1S/C19H24N4OS/c1-3-20-18(22-13-19(2,24)15-8-9-25-12-15)21-11-16-10-14-6-4-5-7-17(14)23-16/h4-10,12,23-24H,3,11,13H2,1-2H3,(H2,20,21,22). The Morgan fingerprint density at radius 3 is 2.84 bits per heavy atom. The number of nitrogens with zero attached hydrogens (tertiary/aromatic N) is 1. The van der Waals surface area contributed by atoms with Gasteiger partial charge in [-0.2, -0.15) is 11.3 Å². The molecule has 4 N–H and O–H groups in total. The van der Waals surface area contributed by atoms with E-state index in [0.717, 1.165) is 23.3 Å². The highest BCUT2D eigenvalue weighted by Gasteiger charge is 2.23. The number of aromatic nitrogens is 1. The lowest BCUT2D eigenvalue weighted by Crippen LogP contribution is -2.44. The van der Waals surface area contributed by atoms with Crippen molar-refractivity contribution in [2.24, 2.45) is 4.99 Å². The summed E-state index contributed by atoms with van der Waals surface area (Å²) in [5.41, 5.74) is 2.16. The number of hydrogen-bond donors (Lipinski definition) is 4. The molecular weight excluding hydrogens is 332 g/mol. The van der Waals surface area contributed by atoms with Crippen LogP contribution in [0.4, 0.5) is 0 Å². The molecule has 0 saturated heterocycles. The van der Waals surface area contributed by atoms with Gasteiger partial charge in [0, 0.05) is 17.8 Å². The van der Waals surface area contributed by atoms with Gasteiger partial charge in [0.25, 0.3) is 0 Å². The number of hydrogen-bond acceptors (Lipinski definition) is 3. The molecule has 25 heavy (non-hydrogen) atoms. The number of aliphatic imine (C=N–C) groups is 1. The second-order valence-electron chi connectivity index (χ2n) is 6.22. The van der Waals surface area contributed by atoms with Crippen molar-refractivity contribution >= 4 is 28.2 Å². The molecule has 0 spiro atoms. The SMILES string of the molecule is CCNC(=NCc1cc2ccccc2[nH]1)NCC(C)(O)c1ccsc1. The van der Waals surface area contributed by atoms with Gasteiger partial charge in [0.15, 0.2) is 5.96 Å². The predicted octanol–water partition coefficient (Wildman–Crippen LogP) is 3.19. The van der Waals surface area contributed by atoms with Gasteiger partial charge < -0.3 is 20.7 Å². The molecule has 0 aliphatic rings. The first-order valence-electron chi connectivity index (χ1n) is 8.42. The number of aromatic amines is 1. The normalized spacial score (nSPS) is 14.4. The van der Waals surface area contributed by atoms with Gasteiger partial charge >= 0.3 is 0 Å². The first-order valence-corrected chi connectivity index (χ1v) is 9.36. The quantitative estimate of drug-likeness (QED) is 0.405. The number of benzene rings is 1. The average molecular weight is 356 g/mol. The molecule has 3 rings (SSSR count). The number of para-hydroxylation sites is 1. The average Bonchev–Trinajstić information content (AvgIpc) is 3.26. The largest absolute Gasteiger partial charge is 0.384 e. The molecule has 2 aromatic heterocycles. The Labute approximate surface area is 151 Å². The summed E-state index contributed by atoms with van der Waals surface area (Å²) in [6.45, 7) is 5.53. The van der Waals surface area contributed by atoms with Gasteiger partial charge in [-0.3, -0.25) is 0 Å². The molecule has 1 unspecified atom stereocenters. The molecule has 3 aromatic rings. The van der Waals surface area contributed by atoms with E-state index in [1.165, 1.54) is 5.39 Å². The van der Waals surface area contributed by atoms with Crippen molar-refractivity contribution in [1.82, 2.24) is 15.6 Å². The Morgan fingerprint density at radius 2 is 2.12 bits per heavy atom. The summed E-state index contributed by atoms with van der Waals surface area (Å²) in [5, 5.41) is 22.2.